The van der Waals surface area contributed by atoms with E-state index < -0.39 is 0 Å². The molecule has 0 aliphatic carbocycles. The van der Waals surface area contributed by atoms with Gasteiger partial charge in [0.05, 0.1) is 4.47 Å². The smallest absolute Gasteiger partial charge is 0.136 e. The molecule has 0 N–H and O–H groups in total. The molecule has 0 fully saturated rings. The molecular formula is C11H17BrN2O. The van der Waals surface area contributed by atoms with Gasteiger partial charge in [0.1, 0.15) is 12.4 Å². The average Bonchev–Trinajstić information content (AvgIpc) is 2.27. The molecule has 0 unspecified atom stereocenters. The monoisotopic (exact) mass is 272 g/mol. The van der Waals surface area contributed by atoms with Crippen LogP contribution in [0.3, 0.4) is 0 Å². The second kappa shape index (κ2) is 6.80. The zero-order valence-corrected chi connectivity index (χ0v) is 10.8. The molecule has 0 atom stereocenters. The molecule has 84 valence electrons. The number of halogens is 1. The van der Waals surface area contributed by atoms with Crippen molar-refractivity contribution in [2.75, 3.05) is 26.2 Å². The third-order valence-corrected chi connectivity index (χ3v) is 2.89. The van der Waals surface area contributed by atoms with Crippen molar-refractivity contribution in [1.29, 1.82) is 0 Å². The first kappa shape index (κ1) is 12.5. The second-order valence-electron chi connectivity index (χ2n) is 3.18. The molecule has 0 aliphatic heterocycles. The number of nitrogens with zero attached hydrogens (tertiary/aromatic N) is 2. The van der Waals surface area contributed by atoms with Gasteiger partial charge in [-0.2, -0.15) is 0 Å². The van der Waals surface area contributed by atoms with Crippen LogP contribution in [-0.2, 0) is 0 Å². The van der Waals surface area contributed by atoms with Crippen LogP contribution in [0.4, 0.5) is 0 Å². The predicted octanol–water partition coefficient (Wildman–Crippen LogP) is 2.56. The Bertz CT molecular complexity index is 290. The maximum Gasteiger partial charge on any atom is 0.136 e. The lowest BCUT2D eigenvalue weighted by molar-refractivity contribution is 0.222. The molecule has 1 heterocycles. The molecule has 0 radical (unpaired) electrons. The van der Waals surface area contributed by atoms with Crippen molar-refractivity contribution in [2.45, 2.75) is 13.8 Å². The summed E-state index contributed by atoms with van der Waals surface area (Å²) in [6.07, 6.45) is 3.48. The van der Waals surface area contributed by atoms with Crippen molar-refractivity contribution >= 4 is 15.9 Å². The maximum absolute atomic E-state index is 5.64. The van der Waals surface area contributed by atoms with E-state index in [0.29, 0.717) is 6.61 Å². The van der Waals surface area contributed by atoms with Gasteiger partial charge < -0.3 is 9.64 Å². The van der Waals surface area contributed by atoms with Crippen molar-refractivity contribution in [1.82, 2.24) is 9.88 Å². The van der Waals surface area contributed by atoms with E-state index in [1.165, 1.54) is 0 Å². The molecule has 15 heavy (non-hydrogen) atoms. The summed E-state index contributed by atoms with van der Waals surface area (Å²) in [7, 11) is 0. The second-order valence-corrected chi connectivity index (χ2v) is 4.04. The number of ether oxygens (including phenoxy) is 1. The number of aromatic nitrogens is 1. The summed E-state index contributed by atoms with van der Waals surface area (Å²) < 4.78 is 6.55. The molecule has 4 heteroatoms. The van der Waals surface area contributed by atoms with E-state index in [1.807, 2.05) is 6.07 Å². The first-order valence-corrected chi connectivity index (χ1v) is 6.01. The van der Waals surface area contributed by atoms with Crippen molar-refractivity contribution in [2.24, 2.45) is 0 Å². The van der Waals surface area contributed by atoms with Gasteiger partial charge in [-0.05, 0) is 35.1 Å². The van der Waals surface area contributed by atoms with E-state index >= 15 is 0 Å². The molecular weight excluding hydrogens is 256 g/mol. The lowest BCUT2D eigenvalue weighted by Crippen LogP contribution is -2.27. The minimum Gasteiger partial charge on any atom is -0.491 e. The molecule has 3 nitrogen and oxygen atoms in total. The SMILES string of the molecule is CCN(CC)CCOc1ccncc1Br. The summed E-state index contributed by atoms with van der Waals surface area (Å²) in [5, 5.41) is 0. The number of hydrogen-bond donors (Lipinski definition) is 0. The maximum atomic E-state index is 5.64. The highest BCUT2D eigenvalue weighted by Gasteiger charge is 2.02. The van der Waals surface area contributed by atoms with E-state index in [4.69, 9.17) is 4.74 Å². The summed E-state index contributed by atoms with van der Waals surface area (Å²) in [4.78, 5) is 6.31. The van der Waals surface area contributed by atoms with Crippen LogP contribution in [0, 0.1) is 0 Å². The van der Waals surface area contributed by atoms with E-state index in [-0.39, 0.29) is 0 Å². The minimum absolute atomic E-state index is 0.713. The topological polar surface area (TPSA) is 25.4 Å². The van der Waals surface area contributed by atoms with Gasteiger partial charge in [0.25, 0.3) is 0 Å². The fraction of sp³-hybridized carbons (Fsp3) is 0.545. The van der Waals surface area contributed by atoms with Crippen LogP contribution in [0.2, 0.25) is 0 Å². The molecule has 1 rings (SSSR count). The van der Waals surface area contributed by atoms with Crippen molar-refractivity contribution in [3.05, 3.63) is 22.9 Å². The zero-order chi connectivity index (χ0) is 11.1. The van der Waals surface area contributed by atoms with E-state index in [2.05, 4.69) is 39.7 Å². The molecule has 0 amide bonds. The molecule has 0 saturated heterocycles. The summed E-state index contributed by atoms with van der Waals surface area (Å²) in [5.41, 5.74) is 0. The van der Waals surface area contributed by atoms with Crippen LogP contribution in [-0.4, -0.2) is 36.1 Å². The van der Waals surface area contributed by atoms with Crippen molar-refractivity contribution in [3.8, 4) is 5.75 Å². The first-order valence-electron chi connectivity index (χ1n) is 5.22. The first-order chi connectivity index (χ1) is 7.27. The highest BCUT2D eigenvalue weighted by molar-refractivity contribution is 9.10. The Morgan fingerprint density at radius 1 is 1.40 bits per heavy atom. The molecule has 0 spiro atoms. The molecule has 0 aromatic carbocycles. The molecule has 1 aromatic heterocycles. The van der Waals surface area contributed by atoms with Gasteiger partial charge in [-0.15, -0.1) is 0 Å². The highest BCUT2D eigenvalue weighted by atomic mass is 79.9. The Balaban J connectivity index is 2.34. The quantitative estimate of drug-likeness (QED) is 0.796. The number of hydrogen-bond acceptors (Lipinski definition) is 3. The largest absolute Gasteiger partial charge is 0.491 e. The number of pyridine rings is 1. The van der Waals surface area contributed by atoms with E-state index in [0.717, 1.165) is 29.9 Å². The Hall–Kier alpha value is -0.610. The molecule has 0 bridgehead atoms. The van der Waals surface area contributed by atoms with Crippen LogP contribution in [0.15, 0.2) is 22.9 Å². The lowest BCUT2D eigenvalue weighted by atomic mass is 10.4. The average molecular weight is 273 g/mol. The van der Waals surface area contributed by atoms with E-state index in [1.54, 1.807) is 12.4 Å². The van der Waals surface area contributed by atoms with Crippen molar-refractivity contribution < 1.29 is 4.74 Å². The zero-order valence-electron chi connectivity index (χ0n) is 9.24. The summed E-state index contributed by atoms with van der Waals surface area (Å²) in [5.74, 6) is 0.858. The van der Waals surface area contributed by atoms with Gasteiger partial charge in [-0.1, -0.05) is 13.8 Å². The lowest BCUT2D eigenvalue weighted by Gasteiger charge is -2.18. The normalized spacial score (nSPS) is 10.7. The standard InChI is InChI=1S/C11H17BrN2O/c1-3-14(4-2)7-8-15-11-5-6-13-9-10(11)12/h5-6,9H,3-4,7-8H2,1-2H3. The highest BCUT2D eigenvalue weighted by Crippen LogP contribution is 2.22. The molecule has 0 saturated carbocycles. The van der Waals surface area contributed by atoms with Crippen LogP contribution in [0.1, 0.15) is 13.8 Å². The number of likely N-dealkylation sites (N-methyl/N-ethyl adjacent to an activating group) is 1. The summed E-state index contributed by atoms with van der Waals surface area (Å²) in [6.45, 7) is 8.12. The fourth-order valence-corrected chi connectivity index (χ4v) is 1.67. The van der Waals surface area contributed by atoms with Gasteiger partial charge in [-0.25, -0.2) is 0 Å². The Morgan fingerprint density at radius 3 is 2.73 bits per heavy atom. The van der Waals surface area contributed by atoms with Crippen LogP contribution in [0.25, 0.3) is 0 Å². The Kier molecular flexibility index (Phi) is 5.65. The Morgan fingerprint density at radius 2 is 2.13 bits per heavy atom. The van der Waals surface area contributed by atoms with Crippen LogP contribution >= 0.6 is 15.9 Å². The van der Waals surface area contributed by atoms with Gasteiger partial charge in [0.2, 0.25) is 0 Å². The van der Waals surface area contributed by atoms with Gasteiger partial charge in [0, 0.05) is 18.9 Å². The molecule has 0 aliphatic rings. The Labute approximate surface area is 99.6 Å². The summed E-state index contributed by atoms with van der Waals surface area (Å²) >= 11 is 3.40. The van der Waals surface area contributed by atoms with Gasteiger partial charge in [-0.3, -0.25) is 4.98 Å². The number of rotatable bonds is 6. The minimum atomic E-state index is 0.713. The van der Waals surface area contributed by atoms with Gasteiger partial charge in [0.15, 0.2) is 0 Å². The van der Waals surface area contributed by atoms with Crippen molar-refractivity contribution in [3.63, 3.8) is 0 Å². The predicted molar refractivity (Wildman–Crippen MR) is 65.2 cm³/mol. The molecule has 1 aromatic rings. The van der Waals surface area contributed by atoms with Crippen LogP contribution < -0.4 is 4.74 Å². The third-order valence-electron chi connectivity index (χ3n) is 2.29. The van der Waals surface area contributed by atoms with Crippen LogP contribution in [0.5, 0.6) is 5.75 Å². The van der Waals surface area contributed by atoms with E-state index in [9.17, 15) is 0 Å². The summed E-state index contributed by atoms with van der Waals surface area (Å²) in [6, 6.07) is 1.87. The van der Waals surface area contributed by atoms with Gasteiger partial charge >= 0.3 is 0 Å². The fourth-order valence-electron chi connectivity index (χ4n) is 1.30. The third kappa shape index (κ3) is 4.18.